The minimum Gasteiger partial charge on any atom is -0.394 e. The first-order chi connectivity index (χ1) is 32.5. The monoisotopic (exact) mass is 926 g/mol. The fourth-order valence-electron chi connectivity index (χ4n) is 9.08. The van der Waals surface area contributed by atoms with Gasteiger partial charge in [0.15, 0.2) is 0 Å². The molecule has 4 N–H and O–H groups in total. The van der Waals surface area contributed by atoms with E-state index in [0.717, 1.165) is 38.5 Å². The molecule has 1 amide bonds. The van der Waals surface area contributed by atoms with E-state index in [1.807, 2.05) is 6.08 Å². The highest BCUT2D eigenvalue weighted by Crippen LogP contribution is 2.17. The molecular formula is C61H115NO4. The van der Waals surface area contributed by atoms with Crippen LogP contribution in [0.25, 0.3) is 0 Å². The number of carbonyl (C=O) groups is 1. The van der Waals surface area contributed by atoms with Gasteiger partial charge in [-0.3, -0.25) is 4.79 Å². The van der Waals surface area contributed by atoms with E-state index < -0.39 is 18.2 Å². The molecule has 5 nitrogen and oxygen atoms in total. The van der Waals surface area contributed by atoms with Crippen LogP contribution in [0.5, 0.6) is 0 Å². The third kappa shape index (κ3) is 51.7. The van der Waals surface area contributed by atoms with Crippen LogP contribution >= 0.6 is 0 Å². The first kappa shape index (κ1) is 64.3. The van der Waals surface area contributed by atoms with Gasteiger partial charge in [0, 0.05) is 0 Å². The standard InChI is InChI=1S/C61H115NO4/c1-3-5-7-9-11-13-15-17-19-21-23-25-27-28-29-30-31-32-33-34-36-38-40-42-44-46-48-50-52-54-58(64)56-61(66)62-59(57-63)60(65)55-53-51-49-47-45-43-41-39-37-35-26-24-22-20-18-16-14-12-10-8-6-4-2/h28-29,37,39,45,47,53,55,58-60,63-65H,3-27,30-36,38,40-44,46,48-52,54,56-57H2,1-2H3,(H,62,66)/b29-28-,39-37+,47-45+,55-53+. The van der Waals surface area contributed by atoms with Gasteiger partial charge in [-0.15, -0.1) is 0 Å². The van der Waals surface area contributed by atoms with E-state index in [-0.39, 0.29) is 18.9 Å². The van der Waals surface area contributed by atoms with Gasteiger partial charge in [-0.05, 0) is 70.6 Å². The zero-order chi connectivity index (χ0) is 47.9. The number of rotatable bonds is 54. The number of hydrogen-bond acceptors (Lipinski definition) is 4. The zero-order valence-electron chi connectivity index (χ0n) is 44.3. The molecule has 0 aliphatic heterocycles. The molecule has 0 fully saturated rings. The smallest absolute Gasteiger partial charge is 0.222 e. The largest absolute Gasteiger partial charge is 0.394 e. The highest BCUT2D eigenvalue weighted by Gasteiger charge is 2.20. The lowest BCUT2D eigenvalue weighted by atomic mass is 10.0. The van der Waals surface area contributed by atoms with Gasteiger partial charge in [-0.25, -0.2) is 0 Å². The number of unbranched alkanes of at least 4 members (excludes halogenated alkanes) is 39. The molecule has 0 aromatic heterocycles. The van der Waals surface area contributed by atoms with Gasteiger partial charge in [0.1, 0.15) is 0 Å². The number of hydrogen-bond donors (Lipinski definition) is 4. The van der Waals surface area contributed by atoms with Crippen molar-refractivity contribution in [1.29, 1.82) is 0 Å². The first-order valence-corrected chi connectivity index (χ1v) is 29.4. The fraction of sp³-hybridized carbons (Fsp3) is 0.852. The Hall–Kier alpha value is -1.69. The summed E-state index contributed by atoms with van der Waals surface area (Å²) in [6.45, 7) is 4.23. The molecule has 66 heavy (non-hydrogen) atoms. The molecular weight excluding hydrogens is 811 g/mol. The minimum absolute atomic E-state index is 0.00288. The average molecular weight is 927 g/mol. The van der Waals surface area contributed by atoms with Crippen LogP contribution in [0.3, 0.4) is 0 Å². The number of nitrogens with one attached hydrogen (secondary N) is 1. The van der Waals surface area contributed by atoms with Gasteiger partial charge >= 0.3 is 0 Å². The molecule has 388 valence electrons. The van der Waals surface area contributed by atoms with Gasteiger partial charge in [0.2, 0.25) is 5.91 Å². The SMILES string of the molecule is CCCCCCCCCCCCCC/C=C\CCCCCCCCCCCCCCCC(O)CC(=O)NC(CO)C(O)/C=C/CC/C=C/CC/C=C/CCCCCCCCCCCCCC. The summed E-state index contributed by atoms with van der Waals surface area (Å²) in [5.74, 6) is -0.326. The molecule has 0 aromatic rings. The van der Waals surface area contributed by atoms with Crippen LogP contribution in [0.1, 0.15) is 309 Å². The van der Waals surface area contributed by atoms with Crippen molar-refractivity contribution in [2.24, 2.45) is 0 Å². The molecule has 0 radical (unpaired) electrons. The molecule has 3 atom stereocenters. The fourth-order valence-corrected chi connectivity index (χ4v) is 9.08. The lowest BCUT2D eigenvalue weighted by Crippen LogP contribution is -2.45. The number of allylic oxidation sites excluding steroid dienone is 7. The highest BCUT2D eigenvalue weighted by molar-refractivity contribution is 5.76. The molecule has 0 aromatic carbocycles. The summed E-state index contributed by atoms with van der Waals surface area (Å²) in [6, 6.07) is -0.769. The summed E-state index contributed by atoms with van der Waals surface area (Å²) in [5, 5.41) is 33.5. The van der Waals surface area contributed by atoms with E-state index in [0.29, 0.717) is 6.42 Å². The molecule has 5 heteroatoms. The molecule has 0 bridgehead atoms. The van der Waals surface area contributed by atoms with E-state index in [9.17, 15) is 20.1 Å². The van der Waals surface area contributed by atoms with E-state index >= 15 is 0 Å². The Kier molecular flexibility index (Phi) is 54.5. The Labute approximate surface area is 412 Å². The number of amides is 1. The Morgan fingerprint density at radius 2 is 0.652 bits per heavy atom. The Bertz CT molecular complexity index is 1070. The van der Waals surface area contributed by atoms with Crippen molar-refractivity contribution in [3.05, 3.63) is 48.6 Å². The second-order valence-electron chi connectivity index (χ2n) is 20.2. The van der Waals surface area contributed by atoms with Crippen molar-refractivity contribution in [3.8, 4) is 0 Å². The van der Waals surface area contributed by atoms with E-state index in [1.54, 1.807) is 6.08 Å². The summed E-state index contributed by atoms with van der Waals surface area (Å²) in [4.78, 5) is 12.5. The predicted octanol–water partition coefficient (Wildman–Crippen LogP) is 18.4. The summed E-state index contributed by atoms with van der Waals surface area (Å²) >= 11 is 0. The van der Waals surface area contributed by atoms with Crippen LogP contribution in [-0.4, -0.2) is 46.1 Å². The molecule has 0 heterocycles. The van der Waals surface area contributed by atoms with Crippen molar-refractivity contribution in [1.82, 2.24) is 5.32 Å². The van der Waals surface area contributed by atoms with E-state index in [2.05, 4.69) is 55.6 Å². The van der Waals surface area contributed by atoms with Crippen LogP contribution < -0.4 is 5.32 Å². The average Bonchev–Trinajstić information content (AvgIpc) is 3.31. The van der Waals surface area contributed by atoms with Crippen LogP contribution in [0.4, 0.5) is 0 Å². The normalized spacial score (nSPS) is 13.6. The third-order valence-electron chi connectivity index (χ3n) is 13.6. The van der Waals surface area contributed by atoms with Gasteiger partial charge in [-0.1, -0.05) is 281 Å². The van der Waals surface area contributed by atoms with Crippen molar-refractivity contribution in [2.45, 2.75) is 327 Å². The lowest BCUT2D eigenvalue weighted by molar-refractivity contribution is -0.124. The second-order valence-corrected chi connectivity index (χ2v) is 20.2. The summed E-state index contributed by atoms with van der Waals surface area (Å²) in [7, 11) is 0. The maximum absolute atomic E-state index is 12.5. The van der Waals surface area contributed by atoms with Gasteiger partial charge in [0.25, 0.3) is 0 Å². The molecule has 0 aliphatic carbocycles. The van der Waals surface area contributed by atoms with Gasteiger partial charge < -0.3 is 20.6 Å². The van der Waals surface area contributed by atoms with Crippen molar-refractivity contribution in [3.63, 3.8) is 0 Å². The lowest BCUT2D eigenvalue weighted by Gasteiger charge is -2.21. The Balaban J connectivity index is 3.60. The summed E-state index contributed by atoms with van der Waals surface area (Å²) in [6.07, 6.45) is 74.6. The van der Waals surface area contributed by atoms with E-state index in [1.165, 1.54) is 244 Å². The quantitative estimate of drug-likeness (QED) is 0.0361. The molecule has 0 spiro atoms. The van der Waals surface area contributed by atoms with Crippen LogP contribution in [-0.2, 0) is 4.79 Å². The predicted molar refractivity (Wildman–Crippen MR) is 291 cm³/mol. The molecule has 0 saturated heterocycles. The maximum atomic E-state index is 12.5. The molecule has 3 unspecified atom stereocenters. The van der Waals surface area contributed by atoms with E-state index in [4.69, 9.17) is 0 Å². The van der Waals surface area contributed by atoms with Gasteiger partial charge in [0.05, 0.1) is 31.3 Å². The minimum atomic E-state index is -0.962. The van der Waals surface area contributed by atoms with Crippen molar-refractivity contribution < 1.29 is 20.1 Å². The highest BCUT2D eigenvalue weighted by atomic mass is 16.3. The first-order valence-electron chi connectivity index (χ1n) is 29.4. The summed E-state index contributed by atoms with van der Waals surface area (Å²) < 4.78 is 0. The Morgan fingerprint density at radius 3 is 0.970 bits per heavy atom. The third-order valence-corrected chi connectivity index (χ3v) is 13.6. The van der Waals surface area contributed by atoms with Crippen molar-refractivity contribution >= 4 is 5.91 Å². The van der Waals surface area contributed by atoms with Crippen LogP contribution in [0, 0.1) is 0 Å². The van der Waals surface area contributed by atoms with Gasteiger partial charge in [-0.2, -0.15) is 0 Å². The molecule has 0 rings (SSSR count). The zero-order valence-corrected chi connectivity index (χ0v) is 44.3. The van der Waals surface area contributed by atoms with Crippen LogP contribution in [0.2, 0.25) is 0 Å². The molecule has 0 aliphatic rings. The summed E-state index contributed by atoms with van der Waals surface area (Å²) in [5.41, 5.74) is 0. The number of aliphatic hydroxyl groups excluding tert-OH is 3. The topological polar surface area (TPSA) is 89.8 Å². The number of carbonyl (C=O) groups excluding carboxylic acids is 1. The second kappa shape index (κ2) is 55.9. The molecule has 0 saturated carbocycles. The van der Waals surface area contributed by atoms with Crippen molar-refractivity contribution in [2.75, 3.05) is 6.61 Å². The number of aliphatic hydroxyl groups is 3. The maximum Gasteiger partial charge on any atom is 0.222 e. The Morgan fingerprint density at radius 1 is 0.379 bits per heavy atom. The van der Waals surface area contributed by atoms with Crippen LogP contribution in [0.15, 0.2) is 48.6 Å².